The Bertz CT molecular complexity index is 288. The maximum absolute atomic E-state index is 9.06. The highest BCUT2D eigenvalue weighted by molar-refractivity contribution is 6.30. The standard InChI is InChI=1S/C10H14ClNO/c1-2-10(12)9-5-8(11)4-3-7(9)6-13/h3-5,10,13H,2,6,12H2,1H3/t10-/m1/s1. The molecule has 13 heavy (non-hydrogen) atoms. The molecule has 0 saturated heterocycles. The van der Waals surface area contributed by atoms with Gasteiger partial charge in [0.2, 0.25) is 0 Å². The van der Waals surface area contributed by atoms with E-state index in [2.05, 4.69) is 0 Å². The molecule has 1 aromatic rings. The second kappa shape index (κ2) is 4.61. The molecule has 1 atom stereocenters. The Morgan fingerprint density at radius 3 is 2.77 bits per heavy atom. The van der Waals surface area contributed by atoms with E-state index in [9.17, 15) is 0 Å². The summed E-state index contributed by atoms with van der Waals surface area (Å²) in [7, 11) is 0. The van der Waals surface area contributed by atoms with Crippen molar-refractivity contribution in [3.63, 3.8) is 0 Å². The lowest BCUT2D eigenvalue weighted by Gasteiger charge is -2.13. The smallest absolute Gasteiger partial charge is 0.0685 e. The van der Waals surface area contributed by atoms with E-state index in [4.69, 9.17) is 22.4 Å². The van der Waals surface area contributed by atoms with Crippen LogP contribution in [0, 0.1) is 0 Å². The molecule has 1 aromatic carbocycles. The van der Waals surface area contributed by atoms with Crippen molar-refractivity contribution in [2.75, 3.05) is 0 Å². The number of hydrogen-bond acceptors (Lipinski definition) is 2. The number of benzene rings is 1. The topological polar surface area (TPSA) is 46.2 Å². The van der Waals surface area contributed by atoms with Gasteiger partial charge in [-0.2, -0.15) is 0 Å². The Labute approximate surface area is 83.3 Å². The first-order chi connectivity index (χ1) is 6.19. The zero-order chi connectivity index (χ0) is 9.84. The van der Waals surface area contributed by atoms with E-state index in [1.165, 1.54) is 0 Å². The van der Waals surface area contributed by atoms with E-state index in [1.807, 2.05) is 19.1 Å². The summed E-state index contributed by atoms with van der Waals surface area (Å²) in [5.74, 6) is 0. The predicted molar refractivity (Wildman–Crippen MR) is 54.6 cm³/mol. The summed E-state index contributed by atoms with van der Waals surface area (Å²) in [6, 6.07) is 5.36. The molecule has 0 spiro atoms. The van der Waals surface area contributed by atoms with Gasteiger partial charge in [0.25, 0.3) is 0 Å². The number of nitrogens with two attached hydrogens (primary N) is 1. The van der Waals surface area contributed by atoms with E-state index in [0.717, 1.165) is 17.5 Å². The van der Waals surface area contributed by atoms with Crippen LogP contribution in [0.5, 0.6) is 0 Å². The third-order valence-electron chi connectivity index (χ3n) is 2.12. The average Bonchev–Trinajstić information content (AvgIpc) is 2.16. The number of hydrogen-bond donors (Lipinski definition) is 2. The van der Waals surface area contributed by atoms with E-state index in [0.29, 0.717) is 5.02 Å². The summed E-state index contributed by atoms with van der Waals surface area (Å²) in [5, 5.41) is 9.72. The second-order valence-corrected chi connectivity index (χ2v) is 3.45. The molecule has 0 radical (unpaired) electrons. The van der Waals surface area contributed by atoms with Gasteiger partial charge < -0.3 is 10.8 Å². The molecule has 0 aliphatic heterocycles. The maximum atomic E-state index is 9.06. The minimum absolute atomic E-state index is 0.0141. The van der Waals surface area contributed by atoms with Crippen LogP contribution in [-0.2, 0) is 6.61 Å². The van der Waals surface area contributed by atoms with Crippen LogP contribution >= 0.6 is 11.6 Å². The molecule has 3 heteroatoms. The lowest BCUT2D eigenvalue weighted by Crippen LogP contribution is -2.11. The molecule has 0 unspecified atom stereocenters. The molecule has 0 aliphatic carbocycles. The monoisotopic (exact) mass is 199 g/mol. The molecule has 3 N–H and O–H groups in total. The predicted octanol–water partition coefficient (Wildman–Crippen LogP) is 2.24. The van der Waals surface area contributed by atoms with Crippen molar-refractivity contribution in [3.8, 4) is 0 Å². The van der Waals surface area contributed by atoms with Gasteiger partial charge in [0, 0.05) is 11.1 Å². The molecular formula is C10H14ClNO. The maximum Gasteiger partial charge on any atom is 0.0685 e. The average molecular weight is 200 g/mol. The van der Waals surface area contributed by atoms with Crippen LogP contribution < -0.4 is 5.73 Å². The first kappa shape index (κ1) is 10.5. The fourth-order valence-corrected chi connectivity index (χ4v) is 1.46. The molecule has 0 fully saturated rings. The fraction of sp³-hybridized carbons (Fsp3) is 0.400. The third-order valence-corrected chi connectivity index (χ3v) is 2.35. The van der Waals surface area contributed by atoms with Crippen molar-refractivity contribution >= 4 is 11.6 Å². The van der Waals surface area contributed by atoms with E-state index in [-0.39, 0.29) is 12.6 Å². The number of aliphatic hydroxyl groups excluding tert-OH is 1. The SMILES string of the molecule is CC[C@@H](N)c1cc(Cl)ccc1CO. The lowest BCUT2D eigenvalue weighted by atomic mass is 10.00. The molecule has 0 saturated carbocycles. The van der Waals surface area contributed by atoms with Crippen molar-refractivity contribution < 1.29 is 5.11 Å². The number of halogens is 1. The summed E-state index contributed by atoms with van der Waals surface area (Å²) in [5.41, 5.74) is 7.67. The van der Waals surface area contributed by atoms with Crippen LogP contribution in [-0.4, -0.2) is 5.11 Å². The van der Waals surface area contributed by atoms with Gasteiger partial charge in [-0.3, -0.25) is 0 Å². The van der Waals surface area contributed by atoms with Crippen LogP contribution in [0.4, 0.5) is 0 Å². The van der Waals surface area contributed by atoms with Crippen molar-refractivity contribution in [3.05, 3.63) is 34.3 Å². The molecule has 0 aliphatic rings. The van der Waals surface area contributed by atoms with Gasteiger partial charge in [-0.05, 0) is 29.7 Å². The highest BCUT2D eigenvalue weighted by Gasteiger charge is 2.08. The zero-order valence-electron chi connectivity index (χ0n) is 7.63. The highest BCUT2D eigenvalue weighted by Crippen LogP contribution is 2.22. The normalized spacial score (nSPS) is 12.9. The molecule has 72 valence electrons. The van der Waals surface area contributed by atoms with Crippen molar-refractivity contribution in [2.24, 2.45) is 5.73 Å². The van der Waals surface area contributed by atoms with Crippen LogP contribution in [0.15, 0.2) is 18.2 Å². The van der Waals surface area contributed by atoms with E-state index >= 15 is 0 Å². The van der Waals surface area contributed by atoms with Gasteiger partial charge in [-0.25, -0.2) is 0 Å². The van der Waals surface area contributed by atoms with Crippen LogP contribution in [0.25, 0.3) is 0 Å². The first-order valence-electron chi connectivity index (χ1n) is 4.33. The van der Waals surface area contributed by atoms with Gasteiger partial charge in [-0.15, -0.1) is 0 Å². The summed E-state index contributed by atoms with van der Waals surface area (Å²) in [6.07, 6.45) is 0.841. The fourth-order valence-electron chi connectivity index (χ4n) is 1.27. The van der Waals surface area contributed by atoms with E-state index < -0.39 is 0 Å². The van der Waals surface area contributed by atoms with Crippen molar-refractivity contribution in [1.29, 1.82) is 0 Å². The summed E-state index contributed by atoms with van der Waals surface area (Å²) >= 11 is 5.84. The number of rotatable bonds is 3. The van der Waals surface area contributed by atoms with Crippen LogP contribution in [0.2, 0.25) is 5.02 Å². The van der Waals surface area contributed by atoms with Crippen LogP contribution in [0.3, 0.4) is 0 Å². The Hall–Kier alpha value is -0.570. The highest BCUT2D eigenvalue weighted by atomic mass is 35.5. The lowest BCUT2D eigenvalue weighted by molar-refractivity contribution is 0.280. The molecule has 0 bridgehead atoms. The summed E-state index contributed by atoms with van der Waals surface area (Å²) < 4.78 is 0. The number of aliphatic hydroxyl groups is 1. The Balaban J connectivity index is 3.07. The van der Waals surface area contributed by atoms with Gasteiger partial charge in [0.1, 0.15) is 0 Å². The quantitative estimate of drug-likeness (QED) is 0.785. The summed E-state index contributed by atoms with van der Waals surface area (Å²) in [4.78, 5) is 0. The van der Waals surface area contributed by atoms with Crippen molar-refractivity contribution in [2.45, 2.75) is 26.0 Å². The van der Waals surface area contributed by atoms with Gasteiger partial charge in [-0.1, -0.05) is 24.6 Å². The van der Waals surface area contributed by atoms with E-state index in [1.54, 1.807) is 6.07 Å². The van der Waals surface area contributed by atoms with Crippen LogP contribution in [0.1, 0.15) is 30.5 Å². The Morgan fingerprint density at radius 1 is 1.54 bits per heavy atom. The molecule has 1 rings (SSSR count). The minimum atomic E-state index is -0.0409. The third kappa shape index (κ3) is 2.44. The van der Waals surface area contributed by atoms with Gasteiger partial charge >= 0.3 is 0 Å². The molecular weight excluding hydrogens is 186 g/mol. The van der Waals surface area contributed by atoms with Crippen molar-refractivity contribution in [1.82, 2.24) is 0 Å². The second-order valence-electron chi connectivity index (χ2n) is 3.02. The molecule has 0 amide bonds. The van der Waals surface area contributed by atoms with Gasteiger partial charge in [0.05, 0.1) is 6.61 Å². The molecule has 0 heterocycles. The van der Waals surface area contributed by atoms with Gasteiger partial charge in [0.15, 0.2) is 0 Å². The largest absolute Gasteiger partial charge is 0.392 e. The summed E-state index contributed by atoms with van der Waals surface area (Å²) in [6.45, 7) is 2.02. The first-order valence-corrected chi connectivity index (χ1v) is 4.71. The molecule has 0 aromatic heterocycles. The Kier molecular flexibility index (Phi) is 3.72. The molecule has 2 nitrogen and oxygen atoms in total. The Morgan fingerprint density at radius 2 is 2.23 bits per heavy atom. The zero-order valence-corrected chi connectivity index (χ0v) is 8.38. The minimum Gasteiger partial charge on any atom is -0.392 e.